The van der Waals surface area contributed by atoms with Gasteiger partial charge >= 0.3 is 5.97 Å². The van der Waals surface area contributed by atoms with Crippen molar-refractivity contribution >= 4 is 23.0 Å². The molecular formula is C24H23N3O7. The van der Waals surface area contributed by atoms with Crippen molar-refractivity contribution in [3.8, 4) is 5.75 Å². The lowest BCUT2D eigenvalue weighted by molar-refractivity contribution is -0.393. The van der Waals surface area contributed by atoms with Crippen molar-refractivity contribution in [2.24, 2.45) is 0 Å². The molecule has 0 aromatic heterocycles. The molecule has 1 N–H and O–H groups in total. The Labute approximate surface area is 195 Å². The number of ether oxygens (including phenoxy) is 2. The SMILES string of the molecule is CCOC(=O)[C@H](Cc1ccc(OCc2ccccc2)cc1)Nc1ccc([N+](=O)[O-])cc1[N+](=O)[O-]. The average Bonchev–Trinajstić information content (AvgIpc) is 2.84. The van der Waals surface area contributed by atoms with Gasteiger partial charge in [-0.3, -0.25) is 20.2 Å². The third kappa shape index (κ3) is 6.52. The van der Waals surface area contributed by atoms with Gasteiger partial charge in [0.15, 0.2) is 0 Å². The van der Waals surface area contributed by atoms with Gasteiger partial charge in [-0.1, -0.05) is 42.5 Å². The molecular weight excluding hydrogens is 442 g/mol. The lowest BCUT2D eigenvalue weighted by Gasteiger charge is -2.18. The van der Waals surface area contributed by atoms with Gasteiger partial charge in [0.05, 0.1) is 22.5 Å². The van der Waals surface area contributed by atoms with Crippen molar-refractivity contribution in [1.82, 2.24) is 0 Å². The first-order chi connectivity index (χ1) is 16.4. The molecule has 0 heterocycles. The van der Waals surface area contributed by atoms with Gasteiger partial charge in [0.25, 0.3) is 11.4 Å². The normalized spacial score (nSPS) is 11.3. The first-order valence-corrected chi connectivity index (χ1v) is 10.5. The molecule has 0 aliphatic rings. The smallest absolute Gasteiger partial charge is 0.328 e. The second-order valence-electron chi connectivity index (χ2n) is 7.29. The molecule has 0 unspecified atom stereocenters. The second kappa shape index (κ2) is 11.4. The van der Waals surface area contributed by atoms with Gasteiger partial charge in [-0.05, 0) is 36.2 Å². The van der Waals surface area contributed by atoms with E-state index in [0.29, 0.717) is 12.4 Å². The number of rotatable bonds is 11. The summed E-state index contributed by atoms with van der Waals surface area (Å²) in [5.41, 5.74) is 0.852. The van der Waals surface area contributed by atoms with Crippen LogP contribution in [0.5, 0.6) is 5.75 Å². The number of esters is 1. The van der Waals surface area contributed by atoms with Gasteiger partial charge in [-0.2, -0.15) is 0 Å². The fourth-order valence-electron chi connectivity index (χ4n) is 3.23. The average molecular weight is 465 g/mol. The van der Waals surface area contributed by atoms with E-state index in [-0.39, 0.29) is 18.7 Å². The number of benzene rings is 3. The summed E-state index contributed by atoms with van der Waals surface area (Å²) in [6.07, 6.45) is 0.173. The molecule has 0 saturated heterocycles. The molecule has 3 rings (SSSR count). The number of hydrogen-bond donors (Lipinski definition) is 1. The Balaban J connectivity index is 1.75. The number of anilines is 1. The standard InChI is InChI=1S/C24H23N3O7/c1-2-33-24(28)22(25-21-13-10-19(26(29)30)15-23(21)27(31)32)14-17-8-11-20(12-9-17)34-16-18-6-4-3-5-7-18/h3-13,15,22,25H,2,14,16H2,1H3/t22-/m0/s1. The Morgan fingerprint density at radius 3 is 2.26 bits per heavy atom. The maximum absolute atomic E-state index is 12.5. The van der Waals surface area contributed by atoms with Crippen LogP contribution in [0.2, 0.25) is 0 Å². The molecule has 0 fully saturated rings. The molecule has 3 aromatic rings. The Morgan fingerprint density at radius 2 is 1.65 bits per heavy atom. The zero-order valence-electron chi connectivity index (χ0n) is 18.4. The molecule has 10 nitrogen and oxygen atoms in total. The van der Waals surface area contributed by atoms with Crippen molar-refractivity contribution in [2.45, 2.75) is 26.0 Å². The molecule has 0 radical (unpaired) electrons. The Bertz CT molecular complexity index is 1150. The van der Waals surface area contributed by atoms with E-state index in [0.717, 1.165) is 23.3 Å². The summed E-state index contributed by atoms with van der Waals surface area (Å²) in [6.45, 7) is 2.20. The molecule has 1 atom stereocenters. The van der Waals surface area contributed by atoms with Crippen molar-refractivity contribution in [2.75, 3.05) is 11.9 Å². The number of non-ortho nitro benzene ring substituents is 1. The van der Waals surface area contributed by atoms with Gasteiger partial charge < -0.3 is 14.8 Å². The van der Waals surface area contributed by atoms with Crippen LogP contribution in [-0.2, 0) is 22.6 Å². The van der Waals surface area contributed by atoms with Crippen LogP contribution in [0.3, 0.4) is 0 Å². The number of hydrogen-bond acceptors (Lipinski definition) is 8. The topological polar surface area (TPSA) is 134 Å². The lowest BCUT2D eigenvalue weighted by Crippen LogP contribution is -2.33. The minimum Gasteiger partial charge on any atom is -0.489 e. The number of nitro groups is 2. The Kier molecular flexibility index (Phi) is 8.11. The van der Waals surface area contributed by atoms with Gasteiger partial charge in [0, 0.05) is 12.5 Å². The second-order valence-corrected chi connectivity index (χ2v) is 7.29. The summed E-state index contributed by atoms with van der Waals surface area (Å²) >= 11 is 0. The Morgan fingerprint density at radius 1 is 0.941 bits per heavy atom. The largest absolute Gasteiger partial charge is 0.489 e. The zero-order valence-corrected chi connectivity index (χ0v) is 18.4. The molecule has 0 amide bonds. The molecule has 3 aromatic carbocycles. The minimum atomic E-state index is -0.948. The van der Waals surface area contributed by atoms with E-state index in [1.54, 1.807) is 31.2 Å². The quantitative estimate of drug-likeness (QED) is 0.245. The molecule has 10 heteroatoms. The van der Waals surface area contributed by atoms with E-state index in [4.69, 9.17) is 9.47 Å². The highest BCUT2D eigenvalue weighted by Gasteiger charge is 2.26. The van der Waals surface area contributed by atoms with Crippen molar-refractivity contribution in [1.29, 1.82) is 0 Å². The fourth-order valence-corrected chi connectivity index (χ4v) is 3.23. The molecule has 34 heavy (non-hydrogen) atoms. The fraction of sp³-hybridized carbons (Fsp3) is 0.208. The van der Waals surface area contributed by atoms with E-state index in [1.807, 2.05) is 30.3 Å². The predicted octanol–water partition coefficient (Wildman–Crippen LogP) is 4.67. The van der Waals surface area contributed by atoms with E-state index in [2.05, 4.69) is 5.32 Å². The van der Waals surface area contributed by atoms with E-state index in [1.165, 1.54) is 6.07 Å². The third-order valence-electron chi connectivity index (χ3n) is 4.90. The summed E-state index contributed by atoms with van der Waals surface area (Å²) in [5, 5.41) is 25.2. The monoisotopic (exact) mass is 465 g/mol. The highest BCUT2D eigenvalue weighted by Crippen LogP contribution is 2.30. The van der Waals surface area contributed by atoms with Crippen LogP contribution in [0.15, 0.2) is 72.8 Å². The number of nitro benzene ring substituents is 2. The van der Waals surface area contributed by atoms with Gasteiger partial charge in [-0.25, -0.2) is 4.79 Å². The summed E-state index contributed by atoms with van der Waals surface area (Å²) in [5.74, 6) is 0.0545. The highest BCUT2D eigenvalue weighted by molar-refractivity contribution is 5.81. The highest BCUT2D eigenvalue weighted by atomic mass is 16.6. The molecule has 176 valence electrons. The van der Waals surface area contributed by atoms with Crippen molar-refractivity contribution in [3.63, 3.8) is 0 Å². The van der Waals surface area contributed by atoms with Crippen LogP contribution in [0.4, 0.5) is 17.1 Å². The van der Waals surface area contributed by atoms with Crippen LogP contribution >= 0.6 is 0 Å². The van der Waals surface area contributed by atoms with Crippen LogP contribution < -0.4 is 10.1 Å². The van der Waals surface area contributed by atoms with Crippen molar-refractivity contribution < 1.29 is 24.1 Å². The summed E-state index contributed by atoms with van der Waals surface area (Å²) in [4.78, 5) is 33.5. The van der Waals surface area contributed by atoms with Crippen LogP contribution in [0, 0.1) is 20.2 Å². The lowest BCUT2D eigenvalue weighted by atomic mass is 10.0. The van der Waals surface area contributed by atoms with Crippen LogP contribution in [0.25, 0.3) is 0 Å². The van der Waals surface area contributed by atoms with Crippen LogP contribution in [-0.4, -0.2) is 28.5 Å². The molecule has 0 bridgehead atoms. The number of carbonyl (C=O) groups excluding carboxylic acids is 1. The maximum atomic E-state index is 12.5. The zero-order chi connectivity index (χ0) is 24.5. The number of nitrogens with one attached hydrogen (secondary N) is 1. The molecule has 0 saturated carbocycles. The van der Waals surface area contributed by atoms with E-state index >= 15 is 0 Å². The first-order valence-electron chi connectivity index (χ1n) is 10.5. The van der Waals surface area contributed by atoms with Crippen molar-refractivity contribution in [3.05, 3.63) is 104 Å². The van der Waals surface area contributed by atoms with E-state index < -0.39 is 33.2 Å². The molecule has 0 aliphatic heterocycles. The third-order valence-corrected chi connectivity index (χ3v) is 4.90. The number of carbonyl (C=O) groups is 1. The first kappa shape index (κ1) is 24.2. The summed E-state index contributed by atoms with van der Waals surface area (Å²) < 4.78 is 10.9. The minimum absolute atomic E-state index is 0.0172. The maximum Gasteiger partial charge on any atom is 0.328 e. The summed E-state index contributed by atoms with van der Waals surface area (Å²) in [7, 11) is 0. The van der Waals surface area contributed by atoms with Gasteiger partial charge in [-0.15, -0.1) is 0 Å². The predicted molar refractivity (Wildman–Crippen MR) is 125 cm³/mol. The van der Waals surface area contributed by atoms with Gasteiger partial charge in [0.2, 0.25) is 0 Å². The van der Waals surface area contributed by atoms with Gasteiger partial charge in [0.1, 0.15) is 24.1 Å². The van der Waals surface area contributed by atoms with Crippen LogP contribution in [0.1, 0.15) is 18.1 Å². The Hall–Kier alpha value is -4.47. The molecule has 0 spiro atoms. The summed E-state index contributed by atoms with van der Waals surface area (Å²) in [6, 6.07) is 19.1. The molecule has 0 aliphatic carbocycles. The van der Waals surface area contributed by atoms with E-state index in [9.17, 15) is 25.0 Å². The number of nitrogens with zero attached hydrogens (tertiary/aromatic N) is 2.